The van der Waals surface area contributed by atoms with Gasteiger partial charge in [-0.3, -0.25) is 4.79 Å². The van der Waals surface area contributed by atoms with Crippen LogP contribution in [-0.2, 0) is 4.79 Å². The Morgan fingerprint density at radius 1 is 1.30 bits per heavy atom. The highest BCUT2D eigenvalue weighted by molar-refractivity contribution is 5.84. The van der Waals surface area contributed by atoms with Crippen molar-refractivity contribution in [2.24, 2.45) is 5.92 Å². The minimum absolute atomic E-state index is 0.0876. The summed E-state index contributed by atoms with van der Waals surface area (Å²) in [5, 5.41) is 0. The first-order valence-corrected chi connectivity index (χ1v) is 7.43. The van der Waals surface area contributed by atoms with E-state index in [1.807, 2.05) is 49.9 Å². The average molecular weight is 275 g/mol. The molecule has 0 spiro atoms. The van der Waals surface area contributed by atoms with E-state index in [0.717, 1.165) is 25.3 Å². The SMILES string of the molecule is Cc1ccc(OC(C)(C)C(=O)N2CCC[C@H](C)C2)cc1. The van der Waals surface area contributed by atoms with Crippen LogP contribution in [0.4, 0.5) is 0 Å². The molecule has 1 aromatic rings. The Bertz CT molecular complexity index is 464. The lowest BCUT2D eigenvalue weighted by Gasteiger charge is -2.36. The molecule has 1 saturated heterocycles. The van der Waals surface area contributed by atoms with Crippen molar-refractivity contribution in [3.05, 3.63) is 29.8 Å². The topological polar surface area (TPSA) is 29.5 Å². The standard InChI is InChI=1S/C17H25NO2/c1-13-7-9-15(10-8-13)20-17(3,4)16(19)18-11-5-6-14(2)12-18/h7-10,14H,5-6,11-12H2,1-4H3/t14-/m0/s1. The Kier molecular flexibility index (Phi) is 4.36. The van der Waals surface area contributed by atoms with Gasteiger partial charge in [0.1, 0.15) is 5.75 Å². The number of benzene rings is 1. The molecule has 3 heteroatoms. The second-order valence-corrected chi connectivity index (χ2v) is 6.42. The van der Waals surface area contributed by atoms with E-state index in [-0.39, 0.29) is 5.91 Å². The molecule has 3 nitrogen and oxygen atoms in total. The molecule has 0 aliphatic carbocycles. The van der Waals surface area contributed by atoms with Crippen LogP contribution in [0.2, 0.25) is 0 Å². The number of amides is 1. The van der Waals surface area contributed by atoms with E-state index < -0.39 is 5.60 Å². The first kappa shape index (κ1) is 14.9. The molecule has 1 fully saturated rings. The first-order valence-electron chi connectivity index (χ1n) is 7.43. The third-order valence-electron chi connectivity index (χ3n) is 3.85. The second kappa shape index (κ2) is 5.86. The number of rotatable bonds is 3. The van der Waals surface area contributed by atoms with E-state index in [1.54, 1.807) is 0 Å². The van der Waals surface area contributed by atoms with Gasteiger partial charge in [0.05, 0.1) is 0 Å². The molecule has 20 heavy (non-hydrogen) atoms. The zero-order chi connectivity index (χ0) is 14.8. The third-order valence-corrected chi connectivity index (χ3v) is 3.85. The molecular formula is C17H25NO2. The number of hydrogen-bond donors (Lipinski definition) is 0. The van der Waals surface area contributed by atoms with Crippen LogP contribution in [0.1, 0.15) is 39.2 Å². The van der Waals surface area contributed by atoms with Crippen LogP contribution in [0.15, 0.2) is 24.3 Å². The maximum Gasteiger partial charge on any atom is 0.266 e. The molecule has 0 radical (unpaired) electrons. The van der Waals surface area contributed by atoms with E-state index >= 15 is 0 Å². The summed E-state index contributed by atoms with van der Waals surface area (Å²) in [6.45, 7) is 9.65. The van der Waals surface area contributed by atoms with Crippen molar-refractivity contribution in [2.45, 2.75) is 46.1 Å². The quantitative estimate of drug-likeness (QED) is 0.846. The summed E-state index contributed by atoms with van der Waals surface area (Å²) in [7, 11) is 0. The van der Waals surface area contributed by atoms with Crippen molar-refractivity contribution >= 4 is 5.91 Å². The van der Waals surface area contributed by atoms with Gasteiger partial charge in [0, 0.05) is 13.1 Å². The molecule has 110 valence electrons. The smallest absolute Gasteiger partial charge is 0.266 e. The molecule has 1 aliphatic heterocycles. The van der Waals surface area contributed by atoms with Crippen LogP contribution < -0.4 is 4.74 Å². The van der Waals surface area contributed by atoms with E-state index in [9.17, 15) is 4.79 Å². The van der Waals surface area contributed by atoms with Crippen LogP contribution in [0.3, 0.4) is 0 Å². The van der Waals surface area contributed by atoms with Gasteiger partial charge in [-0.15, -0.1) is 0 Å². The summed E-state index contributed by atoms with van der Waals surface area (Å²) in [6.07, 6.45) is 2.30. The molecule has 1 atom stereocenters. The van der Waals surface area contributed by atoms with Crippen LogP contribution >= 0.6 is 0 Å². The zero-order valence-electron chi connectivity index (χ0n) is 13.0. The Balaban J connectivity index is 2.04. The fraction of sp³-hybridized carbons (Fsp3) is 0.588. The number of aryl methyl sites for hydroxylation is 1. The van der Waals surface area contributed by atoms with Gasteiger partial charge >= 0.3 is 0 Å². The molecule has 0 N–H and O–H groups in total. The highest BCUT2D eigenvalue weighted by atomic mass is 16.5. The fourth-order valence-corrected chi connectivity index (χ4v) is 2.70. The van der Waals surface area contributed by atoms with Crippen LogP contribution in [0, 0.1) is 12.8 Å². The van der Waals surface area contributed by atoms with E-state index in [2.05, 4.69) is 6.92 Å². The number of hydrogen-bond acceptors (Lipinski definition) is 2. The van der Waals surface area contributed by atoms with Crippen LogP contribution in [-0.4, -0.2) is 29.5 Å². The number of carbonyl (C=O) groups excluding carboxylic acids is 1. The Labute approximate surface area is 121 Å². The lowest BCUT2D eigenvalue weighted by Crippen LogP contribution is -2.51. The molecule has 0 bridgehead atoms. The Hall–Kier alpha value is -1.51. The summed E-state index contributed by atoms with van der Waals surface area (Å²) in [4.78, 5) is 14.6. The molecule has 0 unspecified atom stereocenters. The third kappa shape index (κ3) is 3.53. The molecule has 2 rings (SSSR count). The van der Waals surface area contributed by atoms with Crippen molar-refractivity contribution in [2.75, 3.05) is 13.1 Å². The molecule has 0 aromatic heterocycles. The minimum Gasteiger partial charge on any atom is -0.478 e. The fourth-order valence-electron chi connectivity index (χ4n) is 2.70. The monoisotopic (exact) mass is 275 g/mol. The predicted molar refractivity (Wildman–Crippen MR) is 80.9 cm³/mol. The first-order chi connectivity index (χ1) is 9.38. The van der Waals surface area contributed by atoms with Gasteiger partial charge in [-0.2, -0.15) is 0 Å². The van der Waals surface area contributed by atoms with Crippen LogP contribution in [0.5, 0.6) is 5.75 Å². The van der Waals surface area contributed by atoms with Crippen LogP contribution in [0.25, 0.3) is 0 Å². The van der Waals surface area contributed by atoms with Crippen molar-refractivity contribution in [1.82, 2.24) is 4.90 Å². The summed E-state index contributed by atoms with van der Waals surface area (Å²) in [6, 6.07) is 7.84. The highest BCUT2D eigenvalue weighted by Crippen LogP contribution is 2.23. The van der Waals surface area contributed by atoms with Gasteiger partial charge < -0.3 is 9.64 Å². The predicted octanol–water partition coefficient (Wildman–Crippen LogP) is 3.41. The summed E-state index contributed by atoms with van der Waals surface area (Å²) < 4.78 is 5.92. The van der Waals surface area contributed by atoms with E-state index in [1.165, 1.54) is 12.0 Å². The van der Waals surface area contributed by atoms with Crippen molar-refractivity contribution in [3.8, 4) is 5.75 Å². The molecular weight excluding hydrogens is 250 g/mol. The summed E-state index contributed by atoms with van der Waals surface area (Å²) in [5.41, 5.74) is 0.373. The normalized spacial score (nSPS) is 19.8. The van der Waals surface area contributed by atoms with E-state index in [4.69, 9.17) is 4.74 Å². The number of carbonyl (C=O) groups is 1. The van der Waals surface area contributed by atoms with Gasteiger partial charge in [0.15, 0.2) is 5.60 Å². The van der Waals surface area contributed by atoms with Gasteiger partial charge in [-0.1, -0.05) is 24.6 Å². The molecule has 1 amide bonds. The lowest BCUT2D eigenvalue weighted by molar-refractivity contribution is -0.147. The number of nitrogens with zero attached hydrogens (tertiary/aromatic N) is 1. The number of ether oxygens (including phenoxy) is 1. The second-order valence-electron chi connectivity index (χ2n) is 6.42. The summed E-state index contributed by atoms with van der Waals surface area (Å²) in [5.74, 6) is 1.42. The van der Waals surface area contributed by atoms with Gasteiger partial charge in [-0.25, -0.2) is 0 Å². The molecule has 1 heterocycles. The van der Waals surface area contributed by atoms with Crippen molar-refractivity contribution in [3.63, 3.8) is 0 Å². The summed E-state index contributed by atoms with van der Waals surface area (Å²) >= 11 is 0. The lowest BCUT2D eigenvalue weighted by atomic mass is 9.98. The highest BCUT2D eigenvalue weighted by Gasteiger charge is 2.35. The van der Waals surface area contributed by atoms with E-state index in [0.29, 0.717) is 5.92 Å². The molecule has 0 saturated carbocycles. The zero-order valence-corrected chi connectivity index (χ0v) is 13.0. The minimum atomic E-state index is -0.813. The average Bonchev–Trinajstić information content (AvgIpc) is 2.40. The maximum atomic E-state index is 12.6. The number of likely N-dealkylation sites (tertiary alicyclic amines) is 1. The van der Waals surface area contributed by atoms with Gasteiger partial charge in [0.25, 0.3) is 5.91 Å². The maximum absolute atomic E-state index is 12.6. The van der Waals surface area contributed by atoms with Crippen molar-refractivity contribution < 1.29 is 9.53 Å². The molecule has 1 aliphatic rings. The Morgan fingerprint density at radius 2 is 1.95 bits per heavy atom. The van der Waals surface area contributed by atoms with Crippen molar-refractivity contribution in [1.29, 1.82) is 0 Å². The Morgan fingerprint density at radius 3 is 2.55 bits per heavy atom. The molecule has 1 aromatic carbocycles. The van der Waals surface area contributed by atoms with Gasteiger partial charge in [-0.05, 0) is 51.7 Å². The largest absolute Gasteiger partial charge is 0.478 e. The number of piperidine rings is 1. The van der Waals surface area contributed by atoms with Gasteiger partial charge in [0.2, 0.25) is 0 Å².